The van der Waals surface area contributed by atoms with Crippen molar-refractivity contribution in [3.8, 4) is 0 Å². The normalized spacial score (nSPS) is 45.8. The van der Waals surface area contributed by atoms with Gasteiger partial charge in [-0.2, -0.15) is 16.8 Å². The Bertz CT molecular complexity index is 962. The molecule has 0 aromatic carbocycles. The number of hydrogen-bond acceptors (Lipinski definition) is 6. The van der Waals surface area contributed by atoms with Crippen LogP contribution in [0.1, 0.15) is 91.9 Å². The Labute approximate surface area is 208 Å². The topological polar surface area (TPSA) is 86.7 Å². The van der Waals surface area contributed by atoms with Gasteiger partial charge in [0.15, 0.2) is 0 Å². The van der Waals surface area contributed by atoms with Crippen LogP contribution in [0.4, 0.5) is 0 Å². The summed E-state index contributed by atoms with van der Waals surface area (Å²) in [4.78, 5) is 0. The van der Waals surface area contributed by atoms with Crippen LogP contribution in [0.15, 0.2) is 0 Å². The van der Waals surface area contributed by atoms with Crippen LogP contribution >= 0.6 is 0 Å². The smallest absolute Gasteiger partial charge is 0.264 e. The quantitative estimate of drug-likeness (QED) is 0.421. The molecule has 0 spiro atoms. The molecule has 4 aliphatic rings. The van der Waals surface area contributed by atoms with Gasteiger partial charge in [0, 0.05) is 5.41 Å². The highest BCUT2D eigenvalue weighted by molar-refractivity contribution is 7.86. The van der Waals surface area contributed by atoms with Crippen LogP contribution in [0, 0.1) is 46.3 Å². The van der Waals surface area contributed by atoms with Crippen molar-refractivity contribution < 1.29 is 25.2 Å². The van der Waals surface area contributed by atoms with Crippen molar-refractivity contribution in [3.05, 3.63) is 0 Å². The maximum Gasteiger partial charge on any atom is 0.264 e. The second-order valence-corrected chi connectivity index (χ2v) is 15.9. The summed E-state index contributed by atoms with van der Waals surface area (Å²) in [6, 6.07) is 0. The molecule has 0 bridgehead atoms. The molecule has 10 atom stereocenters. The molecule has 0 saturated heterocycles. The average molecular weight is 519 g/mol. The van der Waals surface area contributed by atoms with E-state index < -0.39 is 20.2 Å². The van der Waals surface area contributed by atoms with Crippen molar-refractivity contribution in [2.24, 2.45) is 46.3 Å². The molecule has 4 saturated carbocycles. The third-order valence-corrected chi connectivity index (χ3v) is 12.0. The lowest BCUT2D eigenvalue weighted by Gasteiger charge is -2.63. The van der Waals surface area contributed by atoms with Crippen molar-refractivity contribution >= 4 is 20.2 Å². The molecular formula is C26H46O6S2. The summed E-state index contributed by atoms with van der Waals surface area (Å²) in [5.74, 6) is 2.97. The third-order valence-electron chi connectivity index (χ3n) is 10.8. The summed E-state index contributed by atoms with van der Waals surface area (Å²) >= 11 is 0. The summed E-state index contributed by atoms with van der Waals surface area (Å²) in [7, 11) is -7.02. The summed E-state index contributed by atoms with van der Waals surface area (Å²) in [5, 5.41) is 0. The summed E-state index contributed by atoms with van der Waals surface area (Å²) < 4.78 is 59.7. The third kappa shape index (κ3) is 4.87. The van der Waals surface area contributed by atoms with Gasteiger partial charge >= 0.3 is 0 Å². The Kier molecular flexibility index (Phi) is 7.34. The Morgan fingerprint density at radius 3 is 2.18 bits per heavy atom. The van der Waals surface area contributed by atoms with E-state index in [2.05, 4.69) is 27.7 Å². The monoisotopic (exact) mass is 518 g/mol. The van der Waals surface area contributed by atoms with Crippen molar-refractivity contribution in [1.82, 2.24) is 0 Å². The average Bonchev–Trinajstić information content (AvgIpc) is 3.05. The maximum absolute atomic E-state index is 12.4. The molecule has 198 valence electrons. The highest BCUT2D eigenvalue weighted by atomic mass is 32.2. The summed E-state index contributed by atoms with van der Waals surface area (Å²) in [6.45, 7) is 9.32. The Morgan fingerprint density at radius 1 is 0.882 bits per heavy atom. The van der Waals surface area contributed by atoms with Crippen LogP contribution in [0.3, 0.4) is 0 Å². The van der Waals surface area contributed by atoms with Gasteiger partial charge < -0.3 is 0 Å². The minimum atomic E-state index is -3.56. The molecule has 0 amide bonds. The molecule has 8 heteroatoms. The lowest BCUT2D eigenvalue weighted by Crippen LogP contribution is -2.59. The van der Waals surface area contributed by atoms with E-state index in [1.54, 1.807) is 0 Å². The number of hydrogen-bond donors (Lipinski definition) is 0. The fraction of sp³-hybridized carbons (Fsp3) is 1.00. The maximum atomic E-state index is 12.4. The second-order valence-electron chi connectivity index (χ2n) is 12.7. The highest BCUT2D eigenvalue weighted by Crippen LogP contribution is 2.69. The first-order chi connectivity index (χ1) is 15.7. The highest BCUT2D eigenvalue weighted by Gasteiger charge is 2.65. The van der Waals surface area contributed by atoms with Gasteiger partial charge in [0.1, 0.15) is 0 Å². The van der Waals surface area contributed by atoms with E-state index >= 15 is 0 Å². The number of rotatable bonds is 7. The van der Waals surface area contributed by atoms with Gasteiger partial charge in [0.2, 0.25) is 0 Å². The van der Waals surface area contributed by atoms with E-state index in [9.17, 15) is 16.8 Å². The first-order valence-corrected chi connectivity index (χ1v) is 17.1. The fourth-order valence-corrected chi connectivity index (χ4v) is 10.8. The lowest BCUT2D eigenvalue weighted by molar-refractivity contribution is -0.165. The summed E-state index contributed by atoms with van der Waals surface area (Å²) in [5.41, 5.74) is -0.0352. The van der Waals surface area contributed by atoms with Crippen LogP contribution < -0.4 is 0 Å². The minimum absolute atomic E-state index is 0.0772. The Morgan fingerprint density at radius 2 is 1.56 bits per heavy atom. The zero-order chi connectivity index (χ0) is 25.1. The largest absolute Gasteiger partial charge is 0.267 e. The van der Waals surface area contributed by atoms with E-state index in [0.29, 0.717) is 35.5 Å². The molecule has 0 aromatic heterocycles. The van der Waals surface area contributed by atoms with Gasteiger partial charge in [-0.25, -0.2) is 0 Å². The molecule has 0 aliphatic heterocycles. The van der Waals surface area contributed by atoms with Crippen LogP contribution in [-0.2, 0) is 28.6 Å². The first-order valence-electron chi connectivity index (χ1n) is 13.5. The van der Waals surface area contributed by atoms with Crippen molar-refractivity contribution in [3.63, 3.8) is 0 Å². The molecule has 0 heterocycles. The standard InChI is InChI=1S/C26H46O6S2/c1-7-8-17(2)21-11-12-22-20-10-9-18-15-19(31-33(5,27)28)13-14-25(18,3)23(20)16-24(26(21,22)4)32-34(6,29)30/h17-24H,7-16H2,1-6H3/t17-,18-,19-,20-,21+,22-,23-,24+,25-,26+/m0/s1. The van der Waals surface area contributed by atoms with Gasteiger partial charge in [-0.15, -0.1) is 0 Å². The van der Waals surface area contributed by atoms with E-state index in [1.165, 1.54) is 25.5 Å². The molecule has 0 unspecified atom stereocenters. The van der Waals surface area contributed by atoms with Gasteiger partial charge in [0.05, 0.1) is 24.7 Å². The van der Waals surface area contributed by atoms with Gasteiger partial charge in [-0.3, -0.25) is 8.37 Å². The van der Waals surface area contributed by atoms with Gasteiger partial charge in [-0.1, -0.05) is 40.5 Å². The predicted octanol–water partition coefficient (Wildman–Crippen LogP) is 5.38. The zero-order valence-electron chi connectivity index (χ0n) is 22.0. The van der Waals surface area contributed by atoms with Crippen molar-refractivity contribution in [1.29, 1.82) is 0 Å². The van der Waals surface area contributed by atoms with Crippen LogP contribution in [0.2, 0.25) is 0 Å². The molecule has 0 radical (unpaired) electrons. The van der Waals surface area contributed by atoms with Crippen molar-refractivity contribution in [2.45, 2.75) is 104 Å². The van der Waals surface area contributed by atoms with Crippen LogP contribution in [0.5, 0.6) is 0 Å². The fourth-order valence-electron chi connectivity index (χ4n) is 9.46. The summed E-state index contributed by atoms with van der Waals surface area (Å²) in [6.07, 6.45) is 12.0. The van der Waals surface area contributed by atoms with Gasteiger partial charge in [-0.05, 0) is 92.3 Å². The SMILES string of the molecule is CCC[C@H](C)[C@H]1CC[C@H]2[C@@H]3CC[C@H]4C[C@@H](OS(C)(=O)=O)CC[C@]4(C)[C@H]3C[C@@H](OS(C)(=O)=O)[C@]12C. The molecule has 0 aromatic rings. The van der Waals surface area contributed by atoms with E-state index in [4.69, 9.17) is 8.37 Å². The Balaban J connectivity index is 1.64. The molecule has 34 heavy (non-hydrogen) atoms. The molecule has 4 rings (SSSR count). The molecule has 0 N–H and O–H groups in total. The van der Waals surface area contributed by atoms with Crippen LogP contribution in [0.25, 0.3) is 0 Å². The van der Waals surface area contributed by atoms with E-state index in [0.717, 1.165) is 51.2 Å². The minimum Gasteiger partial charge on any atom is -0.267 e. The molecule has 4 fully saturated rings. The second kappa shape index (κ2) is 9.29. The van der Waals surface area contributed by atoms with Gasteiger partial charge in [0.25, 0.3) is 20.2 Å². The Hall–Kier alpha value is -0.180. The van der Waals surface area contributed by atoms with Crippen LogP contribution in [-0.4, -0.2) is 41.6 Å². The lowest BCUT2D eigenvalue weighted by atomic mass is 9.43. The van der Waals surface area contributed by atoms with Crippen molar-refractivity contribution in [2.75, 3.05) is 12.5 Å². The first kappa shape index (κ1) is 26.9. The molecule has 4 aliphatic carbocycles. The number of fused-ring (bicyclic) bond motifs is 5. The van der Waals surface area contributed by atoms with E-state index in [1.807, 2.05) is 0 Å². The van der Waals surface area contributed by atoms with E-state index in [-0.39, 0.29) is 23.0 Å². The predicted molar refractivity (Wildman–Crippen MR) is 134 cm³/mol. The zero-order valence-corrected chi connectivity index (χ0v) is 23.6. The molecule has 6 nitrogen and oxygen atoms in total. The molecular weight excluding hydrogens is 472 g/mol.